The molecule has 6 nitrogen and oxygen atoms in total. The average molecular weight is 409 g/mol. The number of carbonyl (C=O) groups is 1. The summed E-state index contributed by atoms with van der Waals surface area (Å²) in [5.41, 5.74) is 1.43. The number of hydrogen-bond acceptors (Lipinski definition) is 4. The van der Waals surface area contributed by atoms with Gasteiger partial charge in [0.05, 0.1) is 31.1 Å². The second kappa shape index (κ2) is 10.0. The largest absolute Gasteiger partial charge is 0.401 e. The first kappa shape index (κ1) is 21.6. The van der Waals surface area contributed by atoms with Gasteiger partial charge in [0.1, 0.15) is 0 Å². The van der Waals surface area contributed by atoms with Crippen molar-refractivity contribution in [3.05, 3.63) is 23.2 Å². The molecule has 1 aliphatic rings. The Morgan fingerprint density at radius 1 is 1.33 bits per heavy atom. The molecule has 1 fully saturated rings. The molecule has 1 saturated heterocycles. The highest BCUT2D eigenvalue weighted by atomic mass is 35.5. The topological polar surface area (TPSA) is 56.8 Å². The third-order valence-electron chi connectivity index (χ3n) is 4.01. The number of nitrogens with zero attached hydrogens (tertiary/aromatic N) is 2. The van der Waals surface area contributed by atoms with Crippen LogP contribution in [-0.2, 0) is 4.74 Å². The predicted octanol–water partition coefficient (Wildman–Crippen LogP) is 3.18. The number of rotatable bonds is 7. The van der Waals surface area contributed by atoms with E-state index in [1.165, 1.54) is 11.9 Å². The lowest BCUT2D eigenvalue weighted by atomic mass is 10.2. The van der Waals surface area contributed by atoms with E-state index < -0.39 is 18.8 Å². The molecule has 2 N–H and O–H groups in total. The van der Waals surface area contributed by atoms with Crippen molar-refractivity contribution < 1.29 is 22.7 Å². The Balaban J connectivity index is 1.82. The van der Waals surface area contributed by atoms with Gasteiger partial charge in [0.15, 0.2) is 0 Å². The molecular formula is C17H24ClF3N4O2. The fourth-order valence-electron chi connectivity index (χ4n) is 2.79. The number of benzene rings is 1. The van der Waals surface area contributed by atoms with Gasteiger partial charge in [-0.2, -0.15) is 13.2 Å². The molecule has 2 rings (SSSR count). The van der Waals surface area contributed by atoms with Crippen molar-refractivity contribution >= 4 is 29.0 Å². The van der Waals surface area contributed by atoms with Crippen molar-refractivity contribution in [3.63, 3.8) is 0 Å². The van der Waals surface area contributed by atoms with Crippen LogP contribution in [-0.4, -0.2) is 70.1 Å². The minimum Gasteiger partial charge on any atom is -0.378 e. The lowest BCUT2D eigenvalue weighted by molar-refractivity contribution is -0.143. The summed E-state index contributed by atoms with van der Waals surface area (Å²) in [6.07, 6.45) is -3.81. The molecule has 10 heteroatoms. The van der Waals surface area contributed by atoms with E-state index in [-0.39, 0.29) is 13.1 Å². The molecule has 1 heterocycles. The van der Waals surface area contributed by atoms with Gasteiger partial charge in [-0.25, -0.2) is 4.79 Å². The van der Waals surface area contributed by atoms with E-state index in [0.29, 0.717) is 43.4 Å². The maximum Gasteiger partial charge on any atom is 0.401 e. The Morgan fingerprint density at radius 3 is 2.70 bits per heavy atom. The summed E-state index contributed by atoms with van der Waals surface area (Å²) in [7, 11) is 1.40. The smallest absolute Gasteiger partial charge is 0.378 e. The van der Waals surface area contributed by atoms with Gasteiger partial charge >= 0.3 is 12.2 Å². The van der Waals surface area contributed by atoms with Crippen LogP contribution in [0.1, 0.15) is 6.42 Å². The van der Waals surface area contributed by atoms with Crippen LogP contribution < -0.4 is 15.5 Å². The number of ether oxygens (including phenoxy) is 1. The van der Waals surface area contributed by atoms with E-state index in [1.807, 2.05) is 6.07 Å². The Bertz CT molecular complexity index is 625. The van der Waals surface area contributed by atoms with Gasteiger partial charge in [0.2, 0.25) is 0 Å². The van der Waals surface area contributed by atoms with Crippen LogP contribution in [0.3, 0.4) is 0 Å². The molecule has 1 aromatic rings. The number of anilines is 2. The van der Waals surface area contributed by atoms with Gasteiger partial charge in [-0.1, -0.05) is 11.6 Å². The third-order valence-corrected chi connectivity index (χ3v) is 4.25. The summed E-state index contributed by atoms with van der Waals surface area (Å²) >= 11 is 6.04. The molecule has 27 heavy (non-hydrogen) atoms. The van der Waals surface area contributed by atoms with Crippen LogP contribution in [0.25, 0.3) is 0 Å². The summed E-state index contributed by atoms with van der Waals surface area (Å²) in [6, 6.07) is 4.84. The molecule has 0 radical (unpaired) electrons. The molecule has 1 aliphatic heterocycles. The number of halogens is 4. The molecule has 0 saturated carbocycles. The quantitative estimate of drug-likeness (QED) is 0.680. The van der Waals surface area contributed by atoms with Crippen molar-refractivity contribution in [3.8, 4) is 0 Å². The highest BCUT2D eigenvalue weighted by molar-refractivity contribution is 6.31. The van der Waals surface area contributed by atoms with Crippen LogP contribution in [0, 0.1) is 0 Å². The Hall–Kier alpha value is -1.71. The van der Waals surface area contributed by atoms with E-state index in [9.17, 15) is 18.0 Å². The van der Waals surface area contributed by atoms with E-state index in [0.717, 1.165) is 5.69 Å². The number of carbonyl (C=O) groups excluding carboxylic acids is 1. The number of hydrogen-bond donors (Lipinski definition) is 2. The van der Waals surface area contributed by atoms with Crippen LogP contribution in [0.15, 0.2) is 18.2 Å². The van der Waals surface area contributed by atoms with Crippen LogP contribution in [0.4, 0.5) is 29.3 Å². The fourth-order valence-corrected chi connectivity index (χ4v) is 2.96. The summed E-state index contributed by atoms with van der Waals surface area (Å²) < 4.78 is 42.1. The lowest BCUT2D eigenvalue weighted by Crippen LogP contribution is -2.37. The highest BCUT2D eigenvalue weighted by Gasteiger charge is 2.28. The molecule has 152 valence electrons. The molecule has 0 aromatic heterocycles. The molecule has 0 atom stereocenters. The zero-order valence-electron chi connectivity index (χ0n) is 15.1. The van der Waals surface area contributed by atoms with E-state index in [4.69, 9.17) is 16.3 Å². The molecule has 0 aliphatic carbocycles. The normalized spacial score (nSPS) is 15.1. The van der Waals surface area contributed by atoms with E-state index in [1.54, 1.807) is 12.1 Å². The summed E-state index contributed by atoms with van der Waals surface area (Å²) in [6.45, 7) is 2.18. The van der Waals surface area contributed by atoms with E-state index in [2.05, 4.69) is 15.5 Å². The van der Waals surface area contributed by atoms with Crippen molar-refractivity contribution in [1.29, 1.82) is 0 Å². The number of urea groups is 1. The molecule has 0 bridgehead atoms. The van der Waals surface area contributed by atoms with Gasteiger partial charge in [0, 0.05) is 24.7 Å². The van der Waals surface area contributed by atoms with Crippen molar-refractivity contribution in [1.82, 2.24) is 10.2 Å². The second-order valence-electron chi connectivity index (χ2n) is 6.35. The van der Waals surface area contributed by atoms with Gasteiger partial charge in [-0.05, 0) is 38.2 Å². The van der Waals surface area contributed by atoms with Crippen molar-refractivity contribution in [2.75, 3.05) is 63.2 Å². The minimum absolute atomic E-state index is 0.232. The van der Waals surface area contributed by atoms with Crippen molar-refractivity contribution in [2.45, 2.75) is 12.6 Å². The zero-order valence-corrected chi connectivity index (χ0v) is 15.9. The summed E-state index contributed by atoms with van der Waals surface area (Å²) in [5.74, 6) is 0. The van der Waals surface area contributed by atoms with Gasteiger partial charge in [-0.3, -0.25) is 4.90 Å². The standard InChI is InChI=1S/C17H24ClF3N4O2/c1-24(12-17(19,20)21)6-2-5-22-16(26)23-14-11-13(18)3-4-15(14)25-7-9-27-10-8-25/h3-4,11H,2,5-10,12H2,1H3,(H2,22,23,26). The Labute approximate surface area is 161 Å². The van der Waals surface area contributed by atoms with Gasteiger partial charge in [0.25, 0.3) is 0 Å². The molecule has 2 amide bonds. The Kier molecular flexibility index (Phi) is 8.00. The first-order chi connectivity index (χ1) is 12.7. The molecule has 0 unspecified atom stereocenters. The monoisotopic (exact) mass is 408 g/mol. The lowest BCUT2D eigenvalue weighted by Gasteiger charge is -2.30. The first-order valence-electron chi connectivity index (χ1n) is 8.67. The number of nitrogens with one attached hydrogen (secondary N) is 2. The first-order valence-corrected chi connectivity index (χ1v) is 9.05. The SMILES string of the molecule is CN(CCCNC(=O)Nc1cc(Cl)ccc1N1CCOCC1)CC(F)(F)F. The summed E-state index contributed by atoms with van der Waals surface area (Å²) in [4.78, 5) is 15.4. The third kappa shape index (κ3) is 7.82. The molecular weight excluding hydrogens is 385 g/mol. The molecule has 1 aromatic carbocycles. The fraction of sp³-hybridized carbons (Fsp3) is 0.588. The maximum atomic E-state index is 12.3. The average Bonchev–Trinajstić information content (AvgIpc) is 2.58. The van der Waals surface area contributed by atoms with Gasteiger partial charge < -0.3 is 20.3 Å². The summed E-state index contributed by atoms with van der Waals surface area (Å²) in [5, 5.41) is 5.92. The highest BCUT2D eigenvalue weighted by Crippen LogP contribution is 2.29. The number of alkyl halides is 3. The Morgan fingerprint density at radius 2 is 2.04 bits per heavy atom. The van der Waals surface area contributed by atoms with Crippen molar-refractivity contribution in [2.24, 2.45) is 0 Å². The second-order valence-corrected chi connectivity index (χ2v) is 6.78. The van der Waals surface area contributed by atoms with Crippen LogP contribution >= 0.6 is 11.6 Å². The van der Waals surface area contributed by atoms with Crippen LogP contribution in [0.5, 0.6) is 0 Å². The minimum atomic E-state index is -4.22. The van der Waals surface area contributed by atoms with Gasteiger partial charge in [-0.15, -0.1) is 0 Å². The number of amides is 2. The zero-order chi connectivity index (χ0) is 19.9. The molecule has 0 spiro atoms. The maximum absolute atomic E-state index is 12.3. The predicted molar refractivity (Wildman–Crippen MR) is 99.7 cm³/mol. The van der Waals surface area contributed by atoms with Crippen LogP contribution in [0.2, 0.25) is 5.02 Å². The van der Waals surface area contributed by atoms with E-state index >= 15 is 0 Å². The number of morpholine rings is 1.